The van der Waals surface area contributed by atoms with Crippen molar-refractivity contribution in [3.63, 3.8) is 0 Å². The van der Waals surface area contributed by atoms with Gasteiger partial charge in [0.1, 0.15) is 17.5 Å². The van der Waals surface area contributed by atoms with Gasteiger partial charge in [-0.1, -0.05) is 24.3 Å². The van der Waals surface area contributed by atoms with Gasteiger partial charge < -0.3 is 20.1 Å². The summed E-state index contributed by atoms with van der Waals surface area (Å²) in [6.07, 6.45) is 0. The third-order valence-electron chi connectivity index (χ3n) is 3.81. The van der Waals surface area contributed by atoms with Gasteiger partial charge in [0, 0.05) is 18.3 Å². The molecule has 0 fully saturated rings. The lowest BCUT2D eigenvalue weighted by Crippen LogP contribution is -2.05. The summed E-state index contributed by atoms with van der Waals surface area (Å²) in [6, 6.07) is 17.6. The highest BCUT2D eigenvalue weighted by Gasteiger charge is 2.06. The number of para-hydroxylation sites is 1. The van der Waals surface area contributed by atoms with Crippen molar-refractivity contribution < 1.29 is 9.47 Å². The quantitative estimate of drug-likeness (QED) is 0.667. The molecule has 6 heteroatoms. The van der Waals surface area contributed by atoms with Crippen molar-refractivity contribution in [1.82, 2.24) is 9.97 Å². The van der Waals surface area contributed by atoms with E-state index in [1.807, 2.05) is 61.5 Å². The summed E-state index contributed by atoms with van der Waals surface area (Å²) in [5.41, 5.74) is 2.05. The Morgan fingerprint density at radius 2 is 1.58 bits per heavy atom. The van der Waals surface area contributed by atoms with Gasteiger partial charge in [0.2, 0.25) is 0 Å². The number of rotatable bonds is 7. The monoisotopic (exact) mass is 350 g/mol. The second-order valence-corrected chi connectivity index (χ2v) is 5.72. The number of hydrogen-bond acceptors (Lipinski definition) is 6. The van der Waals surface area contributed by atoms with Crippen LogP contribution in [0.5, 0.6) is 11.5 Å². The van der Waals surface area contributed by atoms with Crippen molar-refractivity contribution >= 4 is 17.3 Å². The summed E-state index contributed by atoms with van der Waals surface area (Å²) in [5, 5.41) is 6.62. The van der Waals surface area contributed by atoms with E-state index in [0.29, 0.717) is 23.9 Å². The normalized spacial score (nSPS) is 10.3. The van der Waals surface area contributed by atoms with E-state index in [0.717, 1.165) is 22.9 Å². The van der Waals surface area contributed by atoms with Gasteiger partial charge in [-0.2, -0.15) is 0 Å². The fraction of sp³-hybridized carbons (Fsp3) is 0.200. The van der Waals surface area contributed by atoms with Crippen molar-refractivity contribution in [3.8, 4) is 11.5 Å². The molecule has 1 aromatic heterocycles. The van der Waals surface area contributed by atoms with Crippen LogP contribution in [0.25, 0.3) is 0 Å². The van der Waals surface area contributed by atoms with E-state index in [1.165, 1.54) is 0 Å². The first-order chi connectivity index (χ1) is 12.7. The molecular formula is C20H22N4O2. The molecule has 0 aliphatic rings. The lowest BCUT2D eigenvalue weighted by atomic mass is 10.2. The largest absolute Gasteiger partial charge is 0.493 e. The molecule has 26 heavy (non-hydrogen) atoms. The second kappa shape index (κ2) is 8.20. The van der Waals surface area contributed by atoms with Crippen LogP contribution in [0.4, 0.5) is 17.3 Å². The van der Waals surface area contributed by atoms with Gasteiger partial charge in [0.15, 0.2) is 11.5 Å². The summed E-state index contributed by atoms with van der Waals surface area (Å²) in [7, 11) is 3.26. The molecule has 3 aromatic rings. The van der Waals surface area contributed by atoms with Gasteiger partial charge in [-0.15, -0.1) is 0 Å². The van der Waals surface area contributed by atoms with Crippen LogP contribution in [0, 0.1) is 6.92 Å². The fourth-order valence-electron chi connectivity index (χ4n) is 2.57. The van der Waals surface area contributed by atoms with Crippen LogP contribution < -0.4 is 20.1 Å². The molecule has 134 valence electrons. The van der Waals surface area contributed by atoms with Crippen molar-refractivity contribution in [2.45, 2.75) is 13.5 Å². The maximum absolute atomic E-state index is 5.35. The zero-order valence-corrected chi connectivity index (χ0v) is 15.1. The first-order valence-electron chi connectivity index (χ1n) is 8.30. The molecule has 0 spiro atoms. The number of anilines is 3. The Hall–Kier alpha value is -3.28. The Balaban J connectivity index is 1.72. The Bertz CT molecular complexity index is 869. The molecular weight excluding hydrogens is 328 g/mol. The first-order valence-corrected chi connectivity index (χ1v) is 8.30. The predicted molar refractivity (Wildman–Crippen MR) is 103 cm³/mol. The minimum atomic E-state index is 0.613. The molecule has 0 aliphatic heterocycles. The van der Waals surface area contributed by atoms with Crippen LogP contribution in [0.1, 0.15) is 11.4 Å². The molecule has 0 bridgehead atoms. The van der Waals surface area contributed by atoms with Crippen LogP contribution >= 0.6 is 0 Å². The van der Waals surface area contributed by atoms with Crippen LogP contribution in [-0.2, 0) is 6.54 Å². The topological polar surface area (TPSA) is 68.3 Å². The molecule has 0 saturated heterocycles. The van der Waals surface area contributed by atoms with E-state index in [1.54, 1.807) is 14.2 Å². The molecule has 2 aromatic carbocycles. The summed E-state index contributed by atoms with van der Waals surface area (Å²) in [4.78, 5) is 8.88. The third-order valence-corrected chi connectivity index (χ3v) is 3.81. The number of nitrogens with one attached hydrogen (secondary N) is 2. The van der Waals surface area contributed by atoms with Crippen molar-refractivity contribution in [1.29, 1.82) is 0 Å². The van der Waals surface area contributed by atoms with Crippen molar-refractivity contribution in [3.05, 3.63) is 66.0 Å². The minimum Gasteiger partial charge on any atom is -0.493 e. The van der Waals surface area contributed by atoms with E-state index in [4.69, 9.17) is 9.47 Å². The van der Waals surface area contributed by atoms with Crippen LogP contribution in [-0.4, -0.2) is 24.2 Å². The lowest BCUT2D eigenvalue weighted by Gasteiger charge is -2.12. The maximum atomic E-state index is 5.35. The summed E-state index contributed by atoms with van der Waals surface area (Å²) in [5.74, 6) is 3.62. The van der Waals surface area contributed by atoms with Gasteiger partial charge in [0.25, 0.3) is 0 Å². The number of ether oxygens (including phenoxy) is 2. The van der Waals surface area contributed by atoms with Gasteiger partial charge >= 0.3 is 0 Å². The van der Waals surface area contributed by atoms with Crippen molar-refractivity contribution in [2.75, 3.05) is 24.9 Å². The standard InChI is InChI=1S/C20H22N4O2/c1-14-22-19(12-20(23-14)24-16-7-5-4-6-8-16)21-13-15-9-10-17(25-2)18(11-15)26-3/h4-12H,13H2,1-3H3,(H2,21,22,23,24). The van der Waals surface area contributed by atoms with Gasteiger partial charge in [0.05, 0.1) is 14.2 Å². The zero-order valence-electron chi connectivity index (χ0n) is 15.1. The Kier molecular flexibility index (Phi) is 5.53. The minimum absolute atomic E-state index is 0.613. The van der Waals surface area contributed by atoms with Crippen LogP contribution in [0.2, 0.25) is 0 Å². The number of methoxy groups -OCH3 is 2. The Morgan fingerprint density at radius 3 is 2.31 bits per heavy atom. The molecule has 0 radical (unpaired) electrons. The van der Waals surface area contributed by atoms with Crippen LogP contribution in [0.3, 0.4) is 0 Å². The third kappa shape index (κ3) is 4.42. The number of hydrogen-bond donors (Lipinski definition) is 2. The second-order valence-electron chi connectivity index (χ2n) is 5.72. The zero-order chi connectivity index (χ0) is 18.4. The van der Waals surface area contributed by atoms with Gasteiger partial charge in [-0.05, 0) is 36.8 Å². The highest BCUT2D eigenvalue weighted by Crippen LogP contribution is 2.28. The Morgan fingerprint density at radius 1 is 0.846 bits per heavy atom. The molecule has 0 aliphatic carbocycles. The summed E-state index contributed by atoms with van der Waals surface area (Å²) in [6.45, 7) is 2.49. The summed E-state index contributed by atoms with van der Waals surface area (Å²) < 4.78 is 10.6. The van der Waals surface area contributed by atoms with Gasteiger partial charge in [-0.3, -0.25) is 0 Å². The first kappa shape index (κ1) is 17.5. The van der Waals surface area contributed by atoms with E-state index in [-0.39, 0.29) is 0 Å². The molecule has 2 N–H and O–H groups in total. The molecule has 0 unspecified atom stereocenters. The SMILES string of the molecule is COc1ccc(CNc2cc(Nc3ccccc3)nc(C)n2)cc1OC. The summed E-state index contributed by atoms with van der Waals surface area (Å²) >= 11 is 0. The van der Waals surface area contributed by atoms with E-state index in [2.05, 4.69) is 20.6 Å². The predicted octanol–water partition coefficient (Wildman–Crippen LogP) is 4.16. The van der Waals surface area contributed by atoms with E-state index >= 15 is 0 Å². The highest BCUT2D eigenvalue weighted by molar-refractivity contribution is 5.59. The highest BCUT2D eigenvalue weighted by atomic mass is 16.5. The number of benzene rings is 2. The molecule has 3 rings (SSSR count). The molecule has 0 amide bonds. The fourth-order valence-corrected chi connectivity index (χ4v) is 2.57. The smallest absolute Gasteiger partial charge is 0.161 e. The lowest BCUT2D eigenvalue weighted by molar-refractivity contribution is 0.354. The molecule has 0 atom stereocenters. The maximum Gasteiger partial charge on any atom is 0.161 e. The van der Waals surface area contributed by atoms with Gasteiger partial charge in [-0.25, -0.2) is 9.97 Å². The van der Waals surface area contributed by atoms with Crippen molar-refractivity contribution in [2.24, 2.45) is 0 Å². The van der Waals surface area contributed by atoms with E-state index < -0.39 is 0 Å². The number of aryl methyl sites for hydroxylation is 1. The average molecular weight is 350 g/mol. The molecule has 1 heterocycles. The number of aromatic nitrogens is 2. The number of nitrogens with zero attached hydrogens (tertiary/aromatic N) is 2. The average Bonchev–Trinajstić information content (AvgIpc) is 2.66. The molecule has 0 saturated carbocycles. The molecule has 6 nitrogen and oxygen atoms in total. The van der Waals surface area contributed by atoms with Crippen LogP contribution in [0.15, 0.2) is 54.6 Å². The van der Waals surface area contributed by atoms with E-state index in [9.17, 15) is 0 Å². The Labute approximate surface area is 153 Å².